The van der Waals surface area contributed by atoms with Crippen LogP contribution in [-0.4, -0.2) is 41.0 Å². The molecule has 0 radical (unpaired) electrons. The van der Waals surface area contributed by atoms with Gasteiger partial charge in [0.25, 0.3) is 0 Å². The molecule has 13 heteroatoms. The highest BCUT2D eigenvalue weighted by Gasteiger charge is 2.38. The molecule has 8 nitrogen and oxygen atoms in total. The molecular weight excluding hydrogens is 549 g/mol. The highest BCUT2D eigenvalue weighted by Crippen LogP contribution is 2.48. The van der Waals surface area contributed by atoms with E-state index < -0.39 is 34.8 Å². The molecule has 0 aliphatic rings. The van der Waals surface area contributed by atoms with Crippen LogP contribution in [0.25, 0.3) is 27.7 Å². The van der Waals surface area contributed by atoms with Crippen molar-refractivity contribution < 1.29 is 36.2 Å². The van der Waals surface area contributed by atoms with Gasteiger partial charge in [-0.25, -0.2) is 13.8 Å². The zero-order valence-electron chi connectivity index (χ0n) is 22.3. The number of hydrogen-bond acceptors (Lipinski definition) is 6. The summed E-state index contributed by atoms with van der Waals surface area (Å²) in [5.41, 5.74) is 3.90. The predicted molar refractivity (Wildman–Crippen MR) is 143 cm³/mol. The van der Waals surface area contributed by atoms with Gasteiger partial charge in [-0.1, -0.05) is 6.07 Å². The van der Waals surface area contributed by atoms with Crippen molar-refractivity contribution in [2.45, 2.75) is 12.8 Å². The summed E-state index contributed by atoms with van der Waals surface area (Å²) in [6, 6.07) is 6.92. The van der Waals surface area contributed by atoms with Gasteiger partial charge in [0.1, 0.15) is 35.3 Å². The summed E-state index contributed by atoms with van der Waals surface area (Å²) in [4.78, 5) is 17.9. The van der Waals surface area contributed by atoms with Gasteiger partial charge in [0, 0.05) is 44.1 Å². The topological polar surface area (TPSA) is 95.8 Å². The number of rotatable bonds is 7. The second kappa shape index (κ2) is 10.1. The minimum atomic E-state index is -4.81. The third-order valence-electron chi connectivity index (χ3n) is 6.91. The number of carbonyl (C=O) groups excluding carboxylic acids is 1. The lowest BCUT2D eigenvalue weighted by molar-refractivity contribution is -0.137. The molecule has 0 bridgehead atoms. The third-order valence-corrected chi connectivity index (χ3v) is 6.91. The van der Waals surface area contributed by atoms with Crippen molar-refractivity contribution in [1.82, 2.24) is 14.0 Å². The van der Waals surface area contributed by atoms with E-state index in [1.807, 2.05) is 0 Å². The van der Waals surface area contributed by atoms with Gasteiger partial charge in [-0.05, 0) is 30.3 Å². The number of halogens is 5. The molecule has 0 fully saturated rings. The molecule has 5 rings (SSSR count). The number of carbonyl (C=O) groups is 1. The van der Waals surface area contributed by atoms with Crippen molar-refractivity contribution in [3.63, 3.8) is 0 Å². The fourth-order valence-electron chi connectivity index (χ4n) is 4.98. The molecular formula is C28H24F5N5O3. The summed E-state index contributed by atoms with van der Waals surface area (Å²) < 4.78 is 85.8. The molecule has 0 saturated carbocycles. The number of aromatic nitrogens is 3. The molecule has 214 valence electrons. The maximum Gasteiger partial charge on any atom is 0.417 e. The number of hydrogen-bond donors (Lipinski definition) is 2. The Labute approximate surface area is 230 Å². The maximum absolute atomic E-state index is 14.6. The quantitative estimate of drug-likeness (QED) is 0.145. The van der Waals surface area contributed by atoms with Gasteiger partial charge >= 0.3 is 6.18 Å². The van der Waals surface area contributed by atoms with Crippen molar-refractivity contribution in [3.05, 3.63) is 76.9 Å². The number of alkyl halides is 3. The van der Waals surface area contributed by atoms with Crippen LogP contribution < -0.4 is 15.8 Å². The highest BCUT2D eigenvalue weighted by molar-refractivity contribution is 6.11. The molecule has 3 aromatic heterocycles. The number of methoxy groups -OCH3 is 2. The third kappa shape index (κ3) is 4.42. The van der Waals surface area contributed by atoms with E-state index >= 15 is 0 Å². The number of anilines is 2. The first-order valence-electron chi connectivity index (χ1n) is 12.2. The molecule has 0 atom stereocenters. The summed E-state index contributed by atoms with van der Waals surface area (Å²) in [5.74, 6) is -2.73. The lowest BCUT2D eigenvalue weighted by Crippen LogP contribution is -2.10. The van der Waals surface area contributed by atoms with E-state index in [-0.39, 0.29) is 57.0 Å². The molecule has 3 N–H and O–H groups in total. The monoisotopic (exact) mass is 573 g/mol. The SMILES string of the molecule is CNc1cc(C(=O)c2cc(F)c(N)c(F)c2)n2cccc(-c3c(C(F)(F)F)cc4c(nc(COC)n4C)c3OC)c12. The smallest absolute Gasteiger partial charge is 0.417 e. The van der Waals surface area contributed by atoms with E-state index in [2.05, 4.69) is 10.3 Å². The van der Waals surface area contributed by atoms with Crippen molar-refractivity contribution in [2.24, 2.45) is 7.05 Å². The van der Waals surface area contributed by atoms with E-state index in [0.29, 0.717) is 5.82 Å². The summed E-state index contributed by atoms with van der Waals surface area (Å²) in [6.45, 7) is 0.0565. The van der Waals surface area contributed by atoms with E-state index in [1.54, 1.807) is 7.05 Å². The van der Waals surface area contributed by atoms with Crippen LogP contribution in [0, 0.1) is 11.6 Å². The Kier molecular flexibility index (Phi) is 6.85. The van der Waals surface area contributed by atoms with Crippen molar-refractivity contribution >= 4 is 33.7 Å². The second-order valence-corrected chi connectivity index (χ2v) is 9.23. The van der Waals surface area contributed by atoms with E-state index in [1.165, 1.54) is 54.6 Å². The number of ether oxygens (including phenoxy) is 2. The van der Waals surface area contributed by atoms with Gasteiger partial charge in [-0.3, -0.25) is 4.79 Å². The molecule has 0 aliphatic heterocycles. The number of nitrogens with two attached hydrogens (primary N) is 1. The van der Waals surface area contributed by atoms with Gasteiger partial charge in [-0.2, -0.15) is 13.2 Å². The van der Waals surface area contributed by atoms with Gasteiger partial charge in [0.05, 0.1) is 35.1 Å². The van der Waals surface area contributed by atoms with Gasteiger partial charge in [-0.15, -0.1) is 0 Å². The number of fused-ring (bicyclic) bond motifs is 2. The Morgan fingerprint density at radius 1 is 1.12 bits per heavy atom. The number of imidazole rings is 1. The molecule has 2 aromatic carbocycles. The van der Waals surface area contributed by atoms with Crippen LogP contribution in [0.4, 0.5) is 33.3 Å². The maximum atomic E-state index is 14.6. The van der Waals surface area contributed by atoms with E-state index in [9.17, 15) is 26.7 Å². The lowest BCUT2D eigenvalue weighted by Gasteiger charge is -2.19. The zero-order chi connectivity index (χ0) is 29.8. The van der Waals surface area contributed by atoms with Crippen LogP contribution in [0.5, 0.6) is 5.75 Å². The summed E-state index contributed by atoms with van der Waals surface area (Å²) in [6.07, 6.45) is -3.34. The molecule has 0 spiro atoms. The first-order chi connectivity index (χ1) is 19.4. The van der Waals surface area contributed by atoms with Crippen molar-refractivity contribution in [3.8, 4) is 16.9 Å². The molecule has 0 aliphatic carbocycles. The number of nitrogens with zero attached hydrogens (tertiary/aromatic N) is 3. The zero-order valence-corrected chi connectivity index (χ0v) is 22.3. The fraction of sp³-hybridized carbons (Fsp3) is 0.214. The number of nitrogens with one attached hydrogen (secondary N) is 1. The normalized spacial score (nSPS) is 11.9. The number of ketones is 1. The highest BCUT2D eigenvalue weighted by atomic mass is 19.4. The molecule has 0 saturated heterocycles. The van der Waals surface area contributed by atoms with Crippen LogP contribution in [0.2, 0.25) is 0 Å². The van der Waals surface area contributed by atoms with Gasteiger partial charge < -0.3 is 29.5 Å². The Hall–Kier alpha value is -4.65. The molecule has 0 amide bonds. The summed E-state index contributed by atoms with van der Waals surface area (Å²) >= 11 is 0. The predicted octanol–water partition coefficient (Wildman–Crippen LogP) is 5.80. The fourth-order valence-corrected chi connectivity index (χ4v) is 4.98. The van der Waals surface area contributed by atoms with E-state index in [0.717, 1.165) is 18.2 Å². The number of nitrogen functional groups attached to an aromatic ring is 1. The van der Waals surface area contributed by atoms with E-state index in [4.69, 9.17) is 15.2 Å². The van der Waals surface area contributed by atoms with Gasteiger partial charge in [0.2, 0.25) is 5.78 Å². The first kappa shape index (κ1) is 27.9. The molecule has 0 unspecified atom stereocenters. The standard InChI is InChI=1S/C28H24F5N5O3/c1-35-18-11-20(26(39)13-8-16(29)23(34)17(30)9-13)38-7-5-6-14(25(18)38)22-15(28(31,32)33)10-19-24(27(22)41-4)36-21(12-40-3)37(19)2/h5-11,35H,12,34H2,1-4H3. The minimum absolute atomic E-state index is 0.0522. The van der Waals surface area contributed by atoms with Crippen molar-refractivity contribution in [1.29, 1.82) is 0 Å². The summed E-state index contributed by atoms with van der Waals surface area (Å²) in [5, 5.41) is 2.90. The largest absolute Gasteiger partial charge is 0.494 e. The minimum Gasteiger partial charge on any atom is -0.494 e. The number of benzene rings is 2. The van der Waals surface area contributed by atoms with Gasteiger partial charge in [0.15, 0.2) is 5.75 Å². The Morgan fingerprint density at radius 3 is 2.39 bits per heavy atom. The average molecular weight is 574 g/mol. The molecule has 41 heavy (non-hydrogen) atoms. The van der Waals surface area contributed by atoms with Crippen LogP contribution in [0.15, 0.2) is 42.6 Å². The van der Waals surface area contributed by atoms with Crippen LogP contribution in [0.1, 0.15) is 27.4 Å². The van der Waals surface area contributed by atoms with Crippen LogP contribution in [-0.2, 0) is 24.6 Å². The second-order valence-electron chi connectivity index (χ2n) is 9.23. The summed E-state index contributed by atoms with van der Waals surface area (Å²) in [7, 11) is 5.81. The first-order valence-corrected chi connectivity index (χ1v) is 12.2. The number of pyridine rings is 1. The Balaban J connectivity index is 1.84. The average Bonchev–Trinajstić information content (AvgIpc) is 3.47. The lowest BCUT2D eigenvalue weighted by atomic mass is 9.96. The molecule has 5 aromatic rings. The van der Waals surface area contributed by atoms with Crippen molar-refractivity contribution in [2.75, 3.05) is 32.3 Å². The number of aryl methyl sites for hydroxylation is 1. The van der Waals surface area contributed by atoms with Crippen LogP contribution >= 0.6 is 0 Å². The molecule has 3 heterocycles. The Morgan fingerprint density at radius 2 is 1.80 bits per heavy atom. The van der Waals surface area contributed by atoms with Crippen LogP contribution in [0.3, 0.4) is 0 Å². The Bertz CT molecular complexity index is 1820.